The van der Waals surface area contributed by atoms with Crippen molar-refractivity contribution in [2.45, 2.75) is 31.8 Å². The molecule has 86 valence electrons. The molecule has 0 aliphatic heterocycles. The predicted octanol–water partition coefficient (Wildman–Crippen LogP) is 2.06. The van der Waals surface area contributed by atoms with E-state index in [1.165, 1.54) is 0 Å². The maximum Gasteiger partial charge on any atom is 0.373 e. The van der Waals surface area contributed by atoms with Crippen LogP contribution >= 0.6 is 15.9 Å². The molecular weight excluding hydrogens is 269 g/mol. The SMILES string of the molecule is CB(O)NC1CC(Oc2ccc(Br)cc2)C1. The molecule has 1 saturated carbocycles. The topological polar surface area (TPSA) is 41.5 Å². The largest absolute Gasteiger partial charge is 0.490 e. The zero-order valence-corrected chi connectivity index (χ0v) is 10.8. The van der Waals surface area contributed by atoms with E-state index in [4.69, 9.17) is 9.76 Å². The van der Waals surface area contributed by atoms with Gasteiger partial charge in [-0.05, 0) is 43.9 Å². The lowest BCUT2D eigenvalue weighted by Crippen LogP contribution is -2.51. The van der Waals surface area contributed by atoms with E-state index in [1.807, 2.05) is 24.3 Å². The van der Waals surface area contributed by atoms with Gasteiger partial charge in [0.25, 0.3) is 0 Å². The first-order chi connectivity index (χ1) is 7.63. The van der Waals surface area contributed by atoms with Crippen LogP contribution in [0.1, 0.15) is 12.8 Å². The summed E-state index contributed by atoms with van der Waals surface area (Å²) in [6.07, 6.45) is 2.19. The first-order valence-electron chi connectivity index (χ1n) is 5.50. The van der Waals surface area contributed by atoms with Gasteiger partial charge in [0.1, 0.15) is 11.9 Å². The molecule has 0 unspecified atom stereocenters. The van der Waals surface area contributed by atoms with Gasteiger partial charge in [0, 0.05) is 10.5 Å². The minimum absolute atomic E-state index is 0.275. The van der Waals surface area contributed by atoms with Crippen molar-refractivity contribution in [3.05, 3.63) is 28.7 Å². The second kappa shape index (κ2) is 5.21. The number of hydrogen-bond donors (Lipinski definition) is 2. The van der Waals surface area contributed by atoms with Crippen molar-refractivity contribution in [1.82, 2.24) is 5.23 Å². The van der Waals surface area contributed by atoms with E-state index in [1.54, 1.807) is 6.82 Å². The van der Waals surface area contributed by atoms with Crippen LogP contribution in [-0.4, -0.2) is 24.2 Å². The quantitative estimate of drug-likeness (QED) is 0.831. The molecule has 2 rings (SSSR count). The van der Waals surface area contributed by atoms with Gasteiger partial charge < -0.3 is 15.0 Å². The Kier molecular flexibility index (Phi) is 3.89. The molecule has 0 spiro atoms. The summed E-state index contributed by atoms with van der Waals surface area (Å²) in [7, 11) is -0.432. The molecule has 1 aromatic rings. The molecule has 0 atom stereocenters. The zero-order valence-electron chi connectivity index (χ0n) is 9.19. The van der Waals surface area contributed by atoms with Crippen LogP contribution in [0.15, 0.2) is 28.7 Å². The first kappa shape index (κ1) is 12.0. The van der Waals surface area contributed by atoms with Gasteiger partial charge in [-0.2, -0.15) is 0 Å². The van der Waals surface area contributed by atoms with Gasteiger partial charge in [0.15, 0.2) is 0 Å². The molecule has 0 saturated heterocycles. The highest BCUT2D eigenvalue weighted by Crippen LogP contribution is 2.26. The lowest BCUT2D eigenvalue weighted by molar-refractivity contribution is 0.0925. The minimum Gasteiger partial charge on any atom is -0.490 e. The minimum atomic E-state index is -0.432. The molecule has 2 N–H and O–H groups in total. The van der Waals surface area contributed by atoms with E-state index < -0.39 is 7.05 Å². The highest BCUT2D eigenvalue weighted by atomic mass is 79.9. The zero-order chi connectivity index (χ0) is 11.5. The summed E-state index contributed by atoms with van der Waals surface area (Å²) >= 11 is 3.39. The Morgan fingerprint density at radius 1 is 1.38 bits per heavy atom. The van der Waals surface area contributed by atoms with Gasteiger partial charge in [0.05, 0.1) is 0 Å². The van der Waals surface area contributed by atoms with Gasteiger partial charge in [-0.3, -0.25) is 0 Å². The van der Waals surface area contributed by atoms with Crippen LogP contribution in [-0.2, 0) is 0 Å². The van der Waals surface area contributed by atoms with E-state index in [2.05, 4.69) is 21.2 Å². The molecule has 0 bridgehead atoms. The Hall–Kier alpha value is -0.515. The fraction of sp³-hybridized carbons (Fsp3) is 0.455. The Morgan fingerprint density at radius 2 is 2.00 bits per heavy atom. The number of nitrogens with one attached hydrogen (secondary N) is 1. The van der Waals surface area contributed by atoms with E-state index >= 15 is 0 Å². The summed E-state index contributed by atoms with van der Waals surface area (Å²) < 4.78 is 6.83. The van der Waals surface area contributed by atoms with E-state index in [-0.39, 0.29) is 6.10 Å². The second-order valence-electron chi connectivity index (χ2n) is 4.20. The predicted molar refractivity (Wildman–Crippen MR) is 68.6 cm³/mol. The van der Waals surface area contributed by atoms with Gasteiger partial charge >= 0.3 is 7.05 Å². The molecule has 1 aromatic carbocycles. The summed E-state index contributed by atoms with van der Waals surface area (Å²) in [5.74, 6) is 0.906. The lowest BCUT2D eigenvalue weighted by Gasteiger charge is -2.36. The van der Waals surface area contributed by atoms with Crippen LogP contribution < -0.4 is 9.96 Å². The van der Waals surface area contributed by atoms with Crippen LogP contribution in [0.25, 0.3) is 0 Å². The Labute approximate surface area is 104 Å². The molecule has 1 aliphatic carbocycles. The highest BCUT2D eigenvalue weighted by Gasteiger charge is 2.31. The highest BCUT2D eigenvalue weighted by molar-refractivity contribution is 9.10. The molecule has 3 nitrogen and oxygen atoms in total. The average molecular weight is 284 g/mol. The number of halogens is 1. The molecular formula is C11H15BBrNO2. The van der Waals surface area contributed by atoms with Crippen molar-refractivity contribution in [1.29, 1.82) is 0 Å². The van der Waals surface area contributed by atoms with Crippen molar-refractivity contribution < 1.29 is 9.76 Å². The third kappa shape index (κ3) is 3.24. The molecule has 0 amide bonds. The summed E-state index contributed by atoms with van der Waals surface area (Å²) in [6, 6.07) is 8.25. The molecule has 1 aliphatic rings. The molecule has 5 heteroatoms. The number of benzene rings is 1. The fourth-order valence-electron chi connectivity index (χ4n) is 1.84. The second-order valence-corrected chi connectivity index (χ2v) is 5.12. The maximum absolute atomic E-state index is 9.14. The van der Waals surface area contributed by atoms with Crippen molar-refractivity contribution >= 4 is 23.0 Å². The summed E-state index contributed by atoms with van der Waals surface area (Å²) in [6.45, 7) is 1.74. The van der Waals surface area contributed by atoms with E-state index in [0.29, 0.717) is 6.04 Å². The summed E-state index contributed by atoms with van der Waals surface area (Å²) in [5.41, 5.74) is 0. The lowest BCUT2D eigenvalue weighted by atomic mass is 9.80. The average Bonchev–Trinajstić information content (AvgIpc) is 2.17. The van der Waals surface area contributed by atoms with Gasteiger partial charge in [0.2, 0.25) is 0 Å². The summed E-state index contributed by atoms with van der Waals surface area (Å²) in [4.78, 5) is 0. The fourth-order valence-corrected chi connectivity index (χ4v) is 2.11. The number of hydrogen-bond acceptors (Lipinski definition) is 3. The first-order valence-corrected chi connectivity index (χ1v) is 6.29. The van der Waals surface area contributed by atoms with Crippen molar-refractivity contribution in [2.75, 3.05) is 0 Å². The van der Waals surface area contributed by atoms with Crippen LogP contribution in [0.4, 0.5) is 0 Å². The normalized spacial score (nSPS) is 23.7. The van der Waals surface area contributed by atoms with Crippen LogP contribution in [0.5, 0.6) is 5.75 Å². The molecule has 0 radical (unpaired) electrons. The maximum atomic E-state index is 9.14. The molecule has 16 heavy (non-hydrogen) atoms. The van der Waals surface area contributed by atoms with Crippen molar-refractivity contribution in [2.24, 2.45) is 0 Å². The molecule has 0 heterocycles. The van der Waals surface area contributed by atoms with Crippen LogP contribution in [0.2, 0.25) is 6.82 Å². The third-order valence-corrected chi connectivity index (χ3v) is 3.22. The number of rotatable bonds is 4. The number of ether oxygens (including phenoxy) is 1. The van der Waals surface area contributed by atoms with Crippen LogP contribution in [0, 0.1) is 0 Å². The van der Waals surface area contributed by atoms with E-state index in [0.717, 1.165) is 23.1 Å². The van der Waals surface area contributed by atoms with Gasteiger partial charge in [-0.25, -0.2) is 0 Å². The third-order valence-electron chi connectivity index (χ3n) is 2.69. The summed E-state index contributed by atoms with van der Waals surface area (Å²) in [5, 5.41) is 12.2. The Balaban J connectivity index is 1.75. The van der Waals surface area contributed by atoms with E-state index in [9.17, 15) is 0 Å². The molecule has 1 fully saturated rings. The molecule has 0 aromatic heterocycles. The van der Waals surface area contributed by atoms with Crippen molar-refractivity contribution in [3.8, 4) is 5.75 Å². The van der Waals surface area contributed by atoms with Crippen molar-refractivity contribution in [3.63, 3.8) is 0 Å². The van der Waals surface area contributed by atoms with Crippen LogP contribution in [0.3, 0.4) is 0 Å². The Morgan fingerprint density at radius 3 is 2.56 bits per heavy atom. The monoisotopic (exact) mass is 283 g/mol. The Bertz CT molecular complexity index is 338. The standard InChI is InChI=1S/C11H15BBrNO2/c1-12(15)14-9-6-11(7-9)16-10-4-2-8(13)3-5-10/h2-5,9,11,14-15H,6-7H2,1H3. The van der Waals surface area contributed by atoms with Gasteiger partial charge in [-0.15, -0.1) is 0 Å². The van der Waals surface area contributed by atoms with Gasteiger partial charge in [-0.1, -0.05) is 15.9 Å². The smallest absolute Gasteiger partial charge is 0.373 e.